The number of carbonyl (C=O) groups excluding carboxylic acids is 3. The maximum atomic E-state index is 11.5. The molecule has 0 spiro atoms. The van der Waals surface area contributed by atoms with E-state index < -0.39 is 17.8 Å². The minimum absolute atomic E-state index is 0. The molecule has 3 N–H and O–H groups in total. The Balaban J connectivity index is 0.00000361. The Kier molecular flexibility index (Phi) is 7.27. The molecule has 1 rings (SSSR count). The number of esters is 2. The number of amides is 1. The van der Waals surface area contributed by atoms with Crippen LogP contribution in [0, 0.1) is 0 Å². The molecule has 0 unspecified atom stereocenters. The summed E-state index contributed by atoms with van der Waals surface area (Å²) in [5, 5.41) is 2.45. The monoisotopic (exact) mass is 302 g/mol. The summed E-state index contributed by atoms with van der Waals surface area (Å²) in [6, 6.07) is 4.08. The quantitative estimate of drug-likeness (QED) is 0.788. The minimum atomic E-state index is -0.631. The lowest BCUT2D eigenvalue weighted by molar-refractivity contribution is -0.114. The molecular weight excluding hydrogens is 288 g/mol. The van der Waals surface area contributed by atoms with Crippen molar-refractivity contribution in [2.24, 2.45) is 5.73 Å². The van der Waals surface area contributed by atoms with Crippen molar-refractivity contribution in [2.75, 3.05) is 26.1 Å². The Hall–Kier alpha value is -2.12. The highest BCUT2D eigenvalue weighted by Gasteiger charge is 2.14. The molecule has 0 saturated heterocycles. The van der Waals surface area contributed by atoms with Crippen molar-refractivity contribution in [3.8, 4) is 0 Å². The van der Waals surface area contributed by atoms with E-state index in [0.717, 1.165) is 0 Å². The predicted octanol–water partition coefficient (Wildman–Crippen LogP) is 0.579. The summed E-state index contributed by atoms with van der Waals surface area (Å²) in [5.74, 6) is -1.71. The highest BCUT2D eigenvalue weighted by molar-refractivity contribution is 5.99. The molecular formula is C12H15ClN2O5. The van der Waals surface area contributed by atoms with E-state index in [9.17, 15) is 14.4 Å². The van der Waals surface area contributed by atoms with Crippen LogP contribution in [-0.4, -0.2) is 38.6 Å². The average Bonchev–Trinajstić information content (AvgIpc) is 2.44. The SMILES string of the molecule is COC(=O)c1cc(NC(=O)CN)cc(C(=O)OC)c1.Cl. The highest BCUT2D eigenvalue weighted by Crippen LogP contribution is 2.16. The Morgan fingerprint density at radius 2 is 1.50 bits per heavy atom. The van der Waals surface area contributed by atoms with Gasteiger partial charge < -0.3 is 20.5 Å². The summed E-state index contributed by atoms with van der Waals surface area (Å²) in [7, 11) is 2.43. The topological polar surface area (TPSA) is 108 Å². The number of hydrogen-bond donors (Lipinski definition) is 2. The molecule has 0 atom stereocenters. The molecule has 0 aliphatic rings. The summed E-state index contributed by atoms with van der Waals surface area (Å²) in [5.41, 5.74) is 5.68. The second-order valence-electron chi connectivity index (χ2n) is 3.53. The van der Waals surface area contributed by atoms with Gasteiger partial charge in [0.15, 0.2) is 0 Å². The molecule has 0 aliphatic heterocycles. The van der Waals surface area contributed by atoms with Gasteiger partial charge in [0.2, 0.25) is 5.91 Å². The summed E-state index contributed by atoms with van der Waals surface area (Å²) >= 11 is 0. The molecule has 1 aromatic carbocycles. The van der Waals surface area contributed by atoms with Gasteiger partial charge in [-0.25, -0.2) is 9.59 Å². The Morgan fingerprint density at radius 3 is 1.85 bits per heavy atom. The van der Waals surface area contributed by atoms with Gasteiger partial charge in [0.1, 0.15) is 0 Å². The number of nitrogens with two attached hydrogens (primary N) is 1. The molecule has 7 nitrogen and oxygen atoms in total. The maximum absolute atomic E-state index is 11.5. The van der Waals surface area contributed by atoms with Gasteiger partial charge in [-0.15, -0.1) is 12.4 Å². The number of hydrogen-bond acceptors (Lipinski definition) is 6. The zero-order valence-corrected chi connectivity index (χ0v) is 11.8. The fourth-order valence-corrected chi connectivity index (χ4v) is 1.38. The van der Waals surface area contributed by atoms with E-state index in [1.165, 1.54) is 32.4 Å². The second kappa shape index (κ2) is 8.13. The standard InChI is InChI=1S/C12H14N2O5.ClH/c1-18-11(16)7-3-8(12(17)19-2)5-9(4-7)14-10(15)6-13;/h3-5H,6,13H2,1-2H3,(H,14,15);1H. The second-order valence-corrected chi connectivity index (χ2v) is 3.53. The largest absolute Gasteiger partial charge is 0.465 e. The van der Waals surface area contributed by atoms with E-state index in [1.807, 2.05) is 0 Å². The molecule has 110 valence electrons. The van der Waals surface area contributed by atoms with Crippen LogP contribution in [0.15, 0.2) is 18.2 Å². The molecule has 0 bridgehead atoms. The molecule has 0 radical (unpaired) electrons. The third-order valence-corrected chi connectivity index (χ3v) is 2.24. The van der Waals surface area contributed by atoms with E-state index in [1.54, 1.807) is 0 Å². The lowest BCUT2D eigenvalue weighted by Gasteiger charge is -2.08. The third kappa shape index (κ3) is 4.52. The van der Waals surface area contributed by atoms with Crippen LogP contribution < -0.4 is 11.1 Å². The Bertz CT molecular complexity index is 484. The van der Waals surface area contributed by atoms with Crippen molar-refractivity contribution in [3.63, 3.8) is 0 Å². The van der Waals surface area contributed by atoms with Gasteiger partial charge in [0.05, 0.1) is 31.9 Å². The van der Waals surface area contributed by atoms with Gasteiger partial charge in [0, 0.05) is 5.69 Å². The van der Waals surface area contributed by atoms with Crippen LogP contribution >= 0.6 is 12.4 Å². The summed E-state index contributed by atoms with van der Waals surface area (Å²) < 4.78 is 9.12. The van der Waals surface area contributed by atoms with E-state index in [0.29, 0.717) is 0 Å². The van der Waals surface area contributed by atoms with Gasteiger partial charge in [-0.3, -0.25) is 4.79 Å². The molecule has 0 aliphatic carbocycles. The van der Waals surface area contributed by atoms with Gasteiger partial charge >= 0.3 is 11.9 Å². The maximum Gasteiger partial charge on any atom is 0.337 e. The summed E-state index contributed by atoms with van der Waals surface area (Å²) in [6.45, 7) is -0.212. The first-order valence-corrected chi connectivity index (χ1v) is 5.33. The first-order valence-electron chi connectivity index (χ1n) is 5.33. The molecule has 8 heteroatoms. The van der Waals surface area contributed by atoms with Crippen molar-refractivity contribution >= 4 is 35.9 Å². The van der Waals surface area contributed by atoms with Gasteiger partial charge in [-0.1, -0.05) is 0 Å². The molecule has 0 aromatic heterocycles. The van der Waals surface area contributed by atoms with Crippen molar-refractivity contribution < 1.29 is 23.9 Å². The molecule has 1 amide bonds. The number of rotatable bonds is 4. The zero-order valence-electron chi connectivity index (χ0n) is 11.0. The average molecular weight is 303 g/mol. The normalized spacial score (nSPS) is 9.15. The van der Waals surface area contributed by atoms with Crippen LogP contribution in [-0.2, 0) is 14.3 Å². The van der Waals surface area contributed by atoms with Crippen LogP contribution in [0.25, 0.3) is 0 Å². The van der Waals surface area contributed by atoms with Gasteiger partial charge in [0.25, 0.3) is 0 Å². The fraction of sp³-hybridized carbons (Fsp3) is 0.250. The number of nitrogens with one attached hydrogen (secondary N) is 1. The Labute approximate surface area is 121 Å². The van der Waals surface area contributed by atoms with Crippen molar-refractivity contribution in [2.45, 2.75) is 0 Å². The number of methoxy groups -OCH3 is 2. The summed E-state index contributed by atoms with van der Waals surface area (Å²) in [4.78, 5) is 34.2. The lowest BCUT2D eigenvalue weighted by Crippen LogP contribution is -2.22. The molecule has 1 aromatic rings. The number of ether oxygens (including phenoxy) is 2. The van der Waals surface area contributed by atoms with Crippen LogP contribution in [0.2, 0.25) is 0 Å². The van der Waals surface area contributed by atoms with Crippen LogP contribution in [0.5, 0.6) is 0 Å². The van der Waals surface area contributed by atoms with Crippen LogP contribution in [0.1, 0.15) is 20.7 Å². The van der Waals surface area contributed by atoms with Gasteiger partial charge in [-0.2, -0.15) is 0 Å². The number of carbonyl (C=O) groups is 3. The number of anilines is 1. The Morgan fingerprint density at radius 1 is 1.05 bits per heavy atom. The highest BCUT2D eigenvalue weighted by atomic mass is 35.5. The minimum Gasteiger partial charge on any atom is -0.465 e. The van der Waals surface area contributed by atoms with Crippen molar-refractivity contribution in [1.29, 1.82) is 0 Å². The molecule has 20 heavy (non-hydrogen) atoms. The van der Waals surface area contributed by atoms with Crippen molar-refractivity contribution in [1.82, 2.24) is 0 Å². The molecule has 0 saturated carbocycles. The number of halogens is 1. The number of benzene rings is 1. The molecule has 0 heterocycles. The van der Waals surface area contributed by atoms with E-state index in [4.69, 9.17) is 5.73 Å². The van der Waals surface area contributed by atoms with Crippen LogP contribution in [0.4, 0.5) is 5.69 Å². The molecule has 0 fully saturated rings. The van der Waals surface area contributed by atoms with Gasteiger partial charge in [-0.05, 0) is 18.2 Å². The lowest BCUT2D eigenvalue weighted by atomic mass is 10.1. The smallest absolute Gasteiger partial charge is 0.337 e. The van der Waals surface area contributed by atoms with E-state index in [-0.39, 0.29) is 35.8 Å². The van der Waals surface area contributed by atoms with Crippen molar-refractivity contribution in [3.05, 3.63) is 29.3 Å². The first kappa shape index (κ1) is 17.9. The van der Waals surface area contributed by atoms with E-state index in [2.05, 4.69) is 14.8 Å². The first-order chi connectivity index (χ1) is 9.01. The summed E-state index contributed by atoms with van der Waals surface area (Å²) in [6.07, 6.45) is 0. The predicted molar refractivity (Wildman–Crippen MR) is 74.1 cm³/mol. The van der Waals surface area contributed by atoms with E-state index >= 15 is 0 Å². The van der Waals surface area contributed by atoms with Crippen LogP contribution in [0.3, 0.4) is 0 Å². The fourth-order valence-electron chi connectivity index (χ4n) is 1.38. The third-order valence-electron chi connectivity index (χ3n) is 2.24. The zero-order chi connectivity index (χ0) is 14.4.